The Balaban J connectivity index is 2.20. The quantitative estimate of drug-likeness (QED) is 0.776. The van der Waals surface area contributed by atoms with E-state index < -0.39 is 5.54 Å². The van der Waals surface area contributed by atoms with Crippen LogP contribution in [0.25, 0.3) is 10.8 Å². The third-order valence-corrected chi connectivity index (χ3v) is 3.49. The van der Waals surface area contributed by atoms with Gasteiger partial charge in [0.15, 0.2) is 0 Å². The number of nitrogens with two attached hydrogens (primary N) is 1. The average molecular weight is 267 g/mol. The lowest BCUT2D eigenvalue weighted by Crippen LogP contribution is -2.35. The fraction of sp³-hybridized carbons (Fsp3) is 0.125. The van der Waals surface area contributed by atoms with E-state index in [1.54, 1.807) is 18.5 Å². The van der Waals surface area contributed by atoms with Gasteiger partial charge in [0.25, 0.3) is 0 Å². The van der Waals surface area contributed by atoms with Gasteiger partial charge in [0.2, 0.25) is 0 Å². The highest BCUT2D eigenvalue weighted by atomic mass is 19.1. The molecule has 0 amide bonds. The smallest absolute Gasteiger partial charge is 0.141 e. The molecule has 0 aliphatic carbocycles. The van der Waals surface area contributed by atoms with Crippen LogP contribution in [0, 0.1) is 5.82 Å². The van der Waals surface area contributed by atoms with Crippen LogP contribution in [0.4, 0.5) is 4.39 Å². The topological polar surface area (TPSA) is 51.8 Å². The minimum absolute atomic E-state index is 0.374. The number of fused-ring (bicyclic) bond motifs is 1. The van der Waals surface area contributed by atoms with Crippen LogP contribution < -0.4 is 5.73 Å². The molecule has 0 spiro atoms. The Labute approximate surface area is 116 Å². The monoisotopic (exact) mass is 267 g/mol. The highest BCUT2D eigenvalue weighted by molar-refractivity contribution is 5.85. The van der Waals surface area contributed by atoms with E-state index in [0.717, 1.165) is 16.3 Å². The predicted octanol–water partition coefficient (Wildman–Crippen LogP) is 2.99. The second-order valence-corrected chi connectivity index (χ2v) is 4.97. The number of nitrogens with zero attached hydrogens (tertiary/aromatic N) is 2. The summed E-state index contributed by atoms with van der Waals surface area (Å²) < 4.78 is 13.0. The molecule has 2 heterocycles. The first-order valence-corrected chi connectivity index (χ1v) is 6.33. The van der Waals surface area contributed by atoms with Gasteiger partial charge < -0.3 is 5.73 Å². The molecule has 0 saturated heterocycles. The largest absolute Gasteiger partial charge is 0.317 e. The Morgan fingerprint density at radius 3 is 2.60 bits per heavy atom. The molecule has 3 nitrogen and oxygen atoms in total. The van der Waals surface area contributed by atoms with Crippen molar-refractivity contribution in [2.45, 2.75) is 12.5 Å². The summed E-state index contributed by atoms with van der Waals surface area (Å²) >= 11 is 0. The van der Waals surface area contributed by atoms with Crippen LogP contribution >= 0.6 is 0 Å². The fourth-order valence-corrected chi connectivity index (χ4v) is 2.35. The molecule has 1 unspecified atom stereocenters. The molecule has 0 radical (unpaired) electrons. The summed E-state index contributed by atoms with van der Waals surface area (Å²) in [5.74, 6) is -0.374. The molecule has 4 heteroatoms. The highest BCUT2D eigenvalue weighted by Crippen LogP contribution is 2.30. The van der Waals surface area contributed by atoms with E-state index in [2.05, 4.69) is 9.97 Å². The maximum absolute atomic E-state index is 13.0. The minimum atomic E-state index is -0.832. The molecule has 0 fully saturated rings. The van der Waals surface area contributed by atoms with Gasteiger partial charge in [-0.2, -0.15) is 0 Å². The van der Waals surface area contributed by atoms with Gasteiger partial charge in [-0.05, 0) is 24.4 Å². The lowest BCUT2D eigenvalue weighted by Gasteiger charge is -2.25. The van der Waals surface area contributed by atoms with Crippen molar-refractivity contribution in [3.63, 3.8) is 0 Å². The Morgan fingerprint density at radius 2 is 1.85 bits per heavy atom. The van der Waals surface area contributed by atoms with Crippen molar-refractivity contribution in [1.29, 1.82) is 0 Å². The maximum Gasteiger partial charge on any atom is 0.141 e. The average Bonchev–Trinajstić information content (AvgIpc) is 2.47. The lowest BCUT2D eigenvalue weighted by molar-refractivity contribution is 0.570. The summed E-state index contributed by atoms with van der Waals surface area (Å²) in [7, 11) is 0. The van der Waals surface area contributed by atoms with Gasteiger partial charge in [0, 0.05) is 23.3 Å². The molecule has 0 bridgehead atoms. The third kappa shape index (κ3) is 2.04. The molecule has 0 saturated carbocycles. The van der Waals surface area contributed by atoms with Gasteiger partial charge in [-0.3, -0.25) is 9.97 Å². The zero-order chi connectivity index (χ0) is 14.2. The van der Waals surface area contributed by atoms with Crippen LogP contribution in [-0.4, -0.2) is 9.97 Å². The van der Waals surface area contributed by atoms with Crippen LogP contribution in [0.5, 0.6) is 0 Å². The number of aromatic nitrogens is 2. The maximum atomic E-state index is 13.0. The first-order chi connectivity index (χ1) is 9.59. The molecule has 100 valence electrons. The van der Waals surface area contributed by atoms with Crippen LogP contribution in [0.15, 0.2) is 55.0 Å². The molecule has 1 aromatic carbocycles. The van der Waals surface area contributed by atoms with Gasteiger partial charge >= 0.3 is 0 Å². The number of rotatable bonds is 2. The van der Waals surface area contributed by atoms with Crippen LogP contribution in [0.2, 0.25) is 0 Å². The van der Waals surface area contributed by atoms with Crippen molar-refractivity contribution in [3.8, 4) is 0 Å². The van der Waals surface area contributed by atoms with Crippen molar-refractivity contribution in [2.75, 3.05) is 0 Å². The summed E-state index contributed by atoms with van der Waals surface area (Å²) in [6, 6.07) is 10.9. The van der Waals surface area contributed by atoms with E-state index in [1.165, 1.54) is 12.3 Å². The SMILES string of the molecule is CC(N)(c1ccc(F)cn1)c1cncc2ccccc12. The summed E-state index contributed by atoms with van der Waals surface area (Å²) in [5.41, 5.74) is 7.10. The van der Waals surface area contributed by atoms with Crippen molar-refractivity contribution in [2.24, 2.45) is 5.73 Å². The predicted molar refractivity (Wildman–Crippen MR) is 76.6 cm³/mol. The van der Waals surface area contributed by atoms with E-state index in [4.69, 9.17) is 5.73 Å². The molecule has 1 atom stereocenters. The third-order valence-electron chi connectivity index (χ3n) is 3.49. The Bertz CT molecular complexity index is 746. The van der Waals surface area contributed by atoms with Crippen LogP contribution in [0.1, 0.15) is 18.2 Å². The zero-order valence-electron chi connectivity index (χ0n) is 11.0. The van der Waals surface area contributed by atoms with Crippen molar-refractivity contribution < 1.29 is 4.39 Å². The molecular formula is C16H14FN3. The summed E-state index contributed by atoms with van der Waals surface area (Å²) in [5, 5.41) is 2.04. The molecule has 0 aliphatic rings. The molecule has 3 rings (SSSR count). The number of benzene rings is 1. The summed E-state index contributed by atoms with van der Waals surface area (Å²) in [6.45, 7) is 1.86. The second kappa shape index (κ2) is 4.65. The van der Waals surface area contributed by atoms with Gasteiger partial charge in [0.05, 0.1) is 17.4 Å². The van der Waals surface area contributed by atoms with Gasteiger partial charge in [-0.25, -0.2) is 4.39 Å². The Kier molecular flexibility index (Phi) is 2.95. The van der Waals surface area contributed by atoms with Crippen molar-refractivity contribution in [3.05, 3.63) is 72.1 Å². The van der Waals surface area contributed by atoms with Gasteiger partial charge in [-0.1, -0.05) is 24.3 Å². The normalized spacial score (nSPS) is 14.2. The van der Waals surface area contributed by atoms with E-state index in [-0.39, 0.29) is 5.82 Å². The van der Waals surface area contributed by atoms with Crippen molar-refractivity contribution in [1.82, 2.24) is 9.97 Å². The number of hydrogen-bond donors (Lipinski definition) is 1. The van der Waals surface area contributed by atoms with Crippen molar-refractivity contribution >= 4 is 10.8 Å². The first-order valence-electron chi connectivity index (χ1n) is 6.33. The summed E-state index contributed by atoms with van der Waals surface area (Å²) in [4.78, 5) is 8.35. The van der Waals surface area contributed by atoms with E-state index in [1.807, 2.05) is 31.2 Å². The number of pyridine rings is 2. The highest BCUT2D eigenvalue weighted by Gasteiger charge is 2.27. The molecule has 2 N–H and O–H groups in total. The standard InChI is InChI=1S/C16H14FN3/c1-16(18,15-7-6-12(17)9-20-15)14-10-19-8-11-4-2-3-5-13(11)14/h2-10H,18H2,1H3. The summed E-state index contributed by atoms with van der Waals surface area (Å²) in [6.07, 6.45) is 4.72. The fourth-order valence-electron chi connectivity index (χ4n) is 2.35. The lowest BCUT2D eigenvalue weighted by atomic mass is 9.87. The molecule has 0 aliphatic heterocycles. The molecule has 2 aromatic heterocycles. The minimum Gasteiger partial charge on any atom is -0.317 e. The number of hydrogen-bond acceptors (Lipinski definition) is 3. The van der Waals surface area contributed by atoms with E-state index in [9.17, 15) is 4.39 Å². The zero-order valence-corrected chi connectivity index (χ0v) is 11.0. The van der Waals surface area contributed by atoms with Gasteiger partial charge in [-0.15, -0.1) is 0 Å². The van der Waals surface area contributed by atoms with E-state index >= 15 is 0 Å². The number of halogens is 1. The Hall–Kier alpha value is -2.33. The first kappa shape index (κ1) is 12.7. The molecular weight excluding hydrogens is 253 g/mol. The van der Waals surface area contributed by atoms with E-state index in [0.29, 0.717) is 5.69 Å². The molecule has 3 aromatic rings. The molecule has 20 heavy (non-hydrogen) atoms. The second-order valence-electron chi connectivity index (χ2n) is 4.97. The van der Waals surface area contributed by atoms with Gasteiger partial charge in [0.1, 0.15) is 5.82 Å². The van der Waals surface area contributed by atoms with Crippen LogP contribution in [-0.2, 0) is 5.54 Å². The Morgan fingerprint density at radius 1 is 1.05 bits per heavy atom. The van der Waals surface area contributed by atoms with Crippen LogP contribution in [0.3, 0.4) is 0 Å².